The number of furan rings is 1. The second-order valence-electron chi connectivity index (χ2n) is 8.65. The lowest BCUT2D eigenvalue weighted by Crippen LogP contribution is -2.32. The summed E-state index contributed by atoms with van der Waals surface area (Å²) in [4.78, 5) is 27.1. The number of carboxylic acids is 1. The molecule has 1 amide bonds. The van der Waals surface area contributed by atoms with Gasteiger partial charge in [0.1, 0.15) is 10.5 Å². The topological polar surface area (TPSA) is 82.8 Å². The van der Waals surface area contributed by atoms with Gasteiger partial charge in [0.25, 0.3) is 0 Å². The van der Waals surface area contributed by atoms with Gasteiger partial charge in [-0.1, -0.05) is 29.8 Å². The van der Waals surface area contributed by atoms with Crippen molar-refractivity contribution in [3.63, 3.8) is 0 Å². The first-order valence-electron chi connectivity index (χ1n) is 10.8. The zero-order valence-electron chi connectivity index (χ0n) is 19.8. The summed E-state index contributed by atoms with van der Waals surface area (Å²) in [7, 11) is 0. The maximum absolute atomic E-state index is 12.8. The SMILES string of the molecule is Cc1ccc(NC(=O)CN(Cc2ccc(SC(C)(C)C(=O)O)cc2)Cc2ccco2)c(C)c1.Cl. The fourth-order valence-electron chi connectivity index (χ4n) is 3.40. The van der Waals surface area contributed by atoms with Gasteiger partial charge in [0, 0.05) is 17.1 Å². The van der Waals surface area contributed by atoms with Gasteiger partial charge in [0.05, 0.1) is 19.4 Å². The number of carbonyl (C=O) groups excluding carboxylic acids is 1. The zero-order chi connectivity index (χ0) is 24.0. The molecule has 3 aromatic rings. The summed E-state index contributed by atoms with van der Waals surface area (Å²) in [5.41, 5.74) is 4.01. The number of carboxylic acid groups (broad SMARTS) is 1. The molecule has 0 saturated carbocycles. The Hall–Kier alpha value is -2.74. The number of nitrogens with zero attached hydrogens (tertiary/aromatic N) is 1. The predicted molar refractivity (Wildman–Crippen MR) is 139 cm³/mol. The highest BCUT2D eigenvalue weighted by atomic mass is 35.5. The quantitative estimate of drug-likeness (QED) is 0.335. The summed E-state index contributed by atoms with van der Waals surface area (Å²) in [5, 5.41) is 12.4. The van der Waals surface area contributed by atoms with Crippen molar-refractivity contribution < 1.29 is 19.1 Å². The Labute approximate surface area is 211 Å². The number of amides is 1. The van der Waals surface area contributed by atoms with Crippen molar-refractivity contribution in [2.45, 2.75) is 50.4 Å². The summed E-state index contributed by atoms with van der Waals surface area (Å²) in [6.07, 6.45) is 1.62. The van der Waals surface area contributed by atoms with Crippen LogP contribution in [0.5, 0.6) is 0 Å². The summed E-state index contributed by atoms with van der Waals surface area (Å²) in [6.45, 7) is 8.63. The molecule has 0 aliphatic rings. The molecule has 1 aromatic heterocycles. The van der Waals surface area contributed by atoms with Crippen LogP contribution in [0.4, 0.5) is 5.69 Å². The molecule has 0 bridgehead atoms. The Morgan fingerprint density at radius 1 is 1.06 bits per heavy atom. The van der Waals surface area contributed by atoms with Crippen molar-refractivity contribution in [1.82, 2.24) is 4.90 Å². The van der Waals surface area contributed by atoms with E-state index in [0.29, 0.717) is 13.1 Å². The van der Waals surface area contributed by atoms with Crippen molar-refractivity contribution in [1.29, 1.82) is 0 Å². The van der Waals surface area contributed by atoms with Crippen LogP contribution >= 0.6 is 24.2 Å². The number of hydrogen-bond donors (Lipinski definition) is 2. The summed E-state index contributed by atoms with van der Waals surface area (Å²) in [6, 6.07) is 17.5. The largest absolute Gasteiger partial charge is 0.480 e. The molecule has 0 aliphatic carbocycles. The van der Waals surface area contributed by atoms with Crippen molar-refractivity contribution >= 4 is 41.7 Å². The highest BCUT2D eigenvalue weighted by Gasteiger charge is 2.28. The molecule has 0 saturated heterocycles. The Bertz CT molecular complexity index is 1100. The van der Waals surface area contributed by atoms with Gasteiger partial charge in [0.2, 0.25) is 5.91 Å². The molecule has 1 heterocycles. The monoisotopic (exact) mass is 502 g/mol. The van der Waals surface area contributed by atoms with Crippen molar-refractivity contribution in [2.75, 3.05) is 11.9 Å². The lowest BCUT2D eigenvalue weighted by atomic mass is 10.1. The molecule has 6 nitrogen and oxygen atoms in total. The average Bonchev–Trinajstić information content (AvgIpc) is 3.24. The normalized spacial score (nSPS) is 11.2. The van der Waals surface area contributed by atoms with Crippen molar-refractivity contribution in [3.8, 4) is 0 Å². The lowest BCUT2D eigenvalue weighted by Gasteiger charge is -2.22. The van der Waals surface area contributed by atoms with Crippen LogP contribution in [0.15, 0.2) is 70.2 Å². The number of nitrogens with one attached hydrogen (secondary N) is 1. The minimum absolute atomic E-state index is 0. The van der Waals surface area contributed by atoms with Crippen LogP contribution in [0.25, 0.3) is 0 Å². The van der Waals surface area contributed by atoms with E-state index in [9.17, 15) is 14.7 Å². The maximum atomic E-state index is 12.8. The molecule has 0 spiro atoms. The maximum Gasteiger partial charge on any atom is 0.319 e. The van der Waals surface area contributed by atoms with E-state index < -0.39 is 10.7 Å². The van der Waals surface area contributed by atoms with E-state index in [2.05, 4.69) is 5.32 Å². The van der Waals surface area contributed by atoms with Gasteiger partial charge in [-0.25, -0.2) is 0 Å². The Morgan fingerprint density at radius 2 is 1.76 bits per heavy atom. The highest BCUT2D eigenvalue weighted by molar-refractivity contribution is 8.01. The van der Waals surface area contributed by atoms with Crippen LogP contribution in [-0.4, -0.2) is 33.2 Å². The van der Waals surface area contributed by atoms with Crippen LogP contribution in [-0.2, 0) is 22.7 Å². The number of thioether (sulfide) groups is 1. The Kier molecular flexibility index (Phi) is 9.79. The number of hydrogen-bond acceptors (Lipinski definition) is 5. The second kappa shape index (κ2) is 12.1. The lowest BCUT2D eigenvalue weighted by molar-refractivity contribution is -0.138. The number of rotatable bonds is 10. The van der Waals surface area contributed by atoms with Crippen LogP contribution < -0.4 is 5.32 Å². The first-order valence-corrected chi connectivity index (χ1v) is 11.6. The van der Waals surface area contributed by atoms with Gasteiger partial charge in [-0.2, -0.15) is 0 Å². The van der Waals surface area contributed by atoms with Gasteiger partial charge >= 0.3 is 5.97 Å². The van der Waals surface area contributed by atoms with E-state index in [1.54, 1.807) is 20.1 Å². The second-order valence-corrected chi connectivity index (χ2v) is 10.3. The van der Waals surface area contributed by atoms with E-state index in [0.717, 1.165) is 33.0 Å². The first-order chi connectivity index (χ1) is 15.6. The molecule has 0 atom stereocenters. The molecule has 0 unspecified atom stereocenters. The minimum atomic E-state index is -0.904. The molecule has 3 rings (SSSR count). The Morgan fingerprint density at radius 3 is 2.35 bits per heavy atom. The van der Waals surface area contributed by atoms with Crippen LogP contribution in [0, 0.1) is 13.8 Å². The highest BCUT2D eigenvalue weighted by Crippen LogP contribution is 2.32. The molecule has 0 aliphatic heterocycles. The van der Waals surface area contributed by atoms with Gasteiger partial charge in [0.15, 0.2) is 0 Å². The van der Waals surface area contributed by atoms with E-state index >= 15 is 0 Å². The van der Waals surface area contributed by atoms with Gasteiger partial charge < -0.3 is 14.8 Å². The van der Waals surface area contributed by atoms with Gasteiger partial charge in [-0.3, -0.25) is 14.5 Å². The minimum Gasteiger partial charge on any atom is -0.480 e. The van der Waals surface area contributed by atoms with Crippen LogP contribution in [0.3, 0.4) is 0 Å². The van der Waals surface area contributed by atoms with E-state index in [1.807, 2.05) is 73.3 Å². The average molecular weight is 503 g/mol. The molecule has 2 N–H and O–H groups in total. The number of benzene rings is 2. The molecular formula is C26H31ClN2O4S. The Balaban J connectivity index is 0.00000408. The third-order valence-corrected chi connectivity index (χ3v) is 6.39. The molecule has 2 aromatic carbocycles. The smallest absolute Gasteiger partial charge is 0.319 e. The molecular weight excluding hydrogens is 472 g/mol. The zero-order valence-corrected chi connectivity index (χ0v) is 21.5. The van der Waals surface area contributed by atoms with Crippen LogP contribution in [0.1, 0.15) is 36.3 Å². The van der Waals surface area contributed by atoms with E-state index in [4.69, 9.17) is 4.42 Å². The van der Waals surface area contributed by atoms with Gasteiger partial charge in [-0.05, 0) is 69.2 Å². The predicted octanol–water partition coefficient (Wildman–Crippen LogP) is 5.91. The number of anilines is 1. The number of carbonyl (C=O) groups is 2. The number of halogens is 1. The number of aliphatic carboxylic acids is 1. The third kappa shape index (κ3) is 7.94. The van der Waals surface area contributed by atoms with E-state index in [-0.39, 0.29) is 24.9 Å². The standard InChI is InChI=1S/C26H30N2O4S.ClH/c1-18-7-12-23(19(2)14-18)27-24(29)17-28(16-21-6-5-13-32-21)15-20-8-10-22(11-9-20)33-26(3,4)25(30)31;/h5-14H,15-17H2,1-4H3,(H,27,29)(H,30,31);1H. The first kappa shape index (κ1) is 27.5. The molecule has 0 radical (unpaired) electrons. The van der Waals surface area contributed by atoms with Crippen LogP contribution in [0.2, 0.25) is 0 Å². The molecule has 34 heavy (non-hydrogen) atoms. The fourth-order valence-corrected chi connectivity index (χ4v) is 4.35. The molecule has 182 valence electrons. The summed E-state index contributed by atoms with van der Waals surface area (Å²) < 4.78 is 4.59. The van der Waals surface area contributed by atoms with Gasteiger partial charge in [-0.15, -0.1) is 24.2 Å². The molecule has 0 fully saturated rings. The van der Waals surface area contributed by atoms with Crippen molar-refractivity contribution in [3.05, 3.63) is 83.3 Å². The van der Waals surface area contributed by atoms with Crippen molar-refractivity contribution in [2.24, 2.45) is 0 Å². The van der Waals surface area contributed by atoms with E-state index in [1.165, 1.54) is 11.8 Å². The third-order valence-electron chi connectivity index (χ3n) is 5.20. The summed E-state index contributed by atoms with van der Waals surface area (Å²) in [5.74, 6) is -0.162. The molecule has 8 heteroatoms. The fraction of sp³-hybridized carbons (Fsp3) is 0.308. The number of aryl methyl sites for hydroxylation is 2. The summed E-state index contributed by atoms with van der Waals surface area (Å²) >= 11 is 1.31.